The molecule has 1 aromatic carbocycles. The van der Waals surface area contributed by atoms with Gasteiger partial charge in [-0.25, -0.2) is 8.42 Å². The molecule has 0 aromatic heterocycles. The van der Waals surface area contributed by atoms with E-state index < -0.39 is 15.3 Å². The van der Waals surface area contributed by atoms with E-state index in [9.17, 15) is 13.2 Å². The summed E-state index contributed by atoms with van der Waals surface area (Å²) in [4.78, 5) is 12.6. The van der Waals surface area contributed by atoms with Crippen LogP contribution in [0.2, 0.25) is 0 Å². The molecular weight excluding hydrogens is 286 g/mol. The van der Waals surface area contributed by atoms with Crippen molar-refractivity contribution in [2.75, 3.05) is 12.3 Å². The highest BCUT2D eigenvalue weighted by Gasteiger charge is 2.35. The second-order valence-electron chi connectivity index (χ2n) is 6.13. The average molecular weight is 307 g/mol. The van der Waals surface area contributed by atoms with Crippen LogP contribution in [0.3, 0.4) is 0 Å². The Balaban J connectivity index is 2.13. The van der Waals surface area contributed by atoms with Crippen LogP contribution in [-0.4, -0.2) is 26.6 Å². The van der Waals surface area contributed by atoms with Crippen molar-refractivity contribution in [1.29, 1.82) is 0 Å². The normalized spacial score (nSPS) is 19.9. The van der Waals surface area contributed by atoms with E-state index >= 15 is 0 Å². The van der Waals surface area contributed by atoms with Crippen molar-refractivity contribution in [2.24, 2.45) is 5.41 Å². The van der Waals surface area contributed by atoms with Crippen LogP contribution >= 0.6 is 0 Å². The molecule has 0 fully saturated rings. The number of rotatable bonds is 4. The molecule has 1 atom stereocenters. The minimum absolute atomic E-state index is 0.0557. The minimum atomic E-state index is -3.22. The fourth-order valence-electron chi connectivity index (χ4n) is 2.35. The quantitative estimate of drug-likeness (QED) is 0.868. The number of hydrogen-bond acceptors (Lipinski definition) is 3. The molecule has 21 heavy (non-hydrogen) atoms. The first-order valence-electron chi connectivity index (χ1n) is 6.92. The number of carbonyl (C=O) groups is 1. The van der Waals surface area contributed by atoms with Gasteiger partial charge in [0.05, 0.1) is 16.1 Å². The number of benzene rings is 1. The van der Waals surface area contributed by atoms with E-state index in [1.165, 1.54) is 0 Å². The maximum Gasteiger partial charge on any atom is 0.229 e. The first kappa shape index (κ1) is 15.8. The molecule has 5 heteroatoms. The van der Waals surface area contributed by atoms with Crippen LogP contribution < -0.4 is 5.32 Å². The Bertz CT molecular complexity index is 689. The molecule has 0 bridgehead atoms. The summed E-state index contributed by atoms with van der Waals surface area (Å²) in [6, 6.07) is 7.00. The Morgan fingerprint density at radius 2 is 2.00 bits per heavy atom. The van der Waals surface area contributed by atoms with Crippen molar-refractivity contribution in [3.05, 3.63) is 42.0 Å². The topological polar surface area (TPSA) is 63.2 Å². The van der Waals surface area contributed by atoms with Crippen LogP contribution in [0.15, 0.2) is 41.3 Å². The van der Waals surface area contributed by atoms with Gasteiger partial charge in [0.25, 0.3) is 0 Å². The lowest BCUT2D eigenvalue weighted by atomic mass is 9.85. The van der Waals surface area contributed by atoms with Crippen LogP contribution in [0.25, 0.3) is 0 Å². The zero-order valence-electron chi connectivity index (χ0n) is 12.6. The van der Waals surface area contributed by atoms with Gasteiger partial charge in [0.15, 0.2) is 9.84 Å². The van der Waals surface area contributed by atoms with Crippen molar-refractivity contribution in [3.63, 3.8) is 0 Å². The molecule has 0 spiro atoms. The molecule has 1 amide bonds. The molecule has 0 saturated carbocycles. The molecular formula is C16H21NO3S. The zero-order valence-corrected chi connectivity index (χ0v) is 13.5. The summed E-state index contributed by atoms with van der Waals surface area (Å²) in [5.74, 6) is -0.256. The number of hydrogen-bond donors (Lipinski definition) is 1. The maximum absolute atomic E-state index is 12.2. The first-order valence-corrected chi connectivity index (χ1v) is 8.57. The van der Waals surface area contributed by atoms with Crippen molar-refractivity contribution in [2.45, 2.75) is 31.6 Å². The van der Waals surface area contributed by atoms with Gasteiger partial charge in [0.2, 0.25) is 5.91 Å². The van der Waals surface area contributed by atoms with Crippen LogP contribution in [0, 0.1) is 5.41 Å². The van der Waals surface area contributed by atoms with Crippen molar-refractivity contribution in [1.82, 2.24) is 5.32 Å². The molecule has 1 heterocycles. The number of carbonyl (C=O) groups excluding carboxylic acids is 1. The Labute approximate surface area is 126 Å². The van der Waals surface area contributed by atoms with Gasteiger partial charge in [0.1, 0.15) is 0 Å². The second-order valence-corrected chi connectivity index (χ2v) is 8.13. The third kappa shape index (κ3) is 2.88. The molecule has 114 valence electrons. The van der Waals surface area contributed by atoms with Gasteiger partial charge in [0, 0.05) is 12.5 Å². The van der Waals surface area contributed by atoms with Crippen LogP contribution in [0.5, 0.6) is 0 Å². The highest BCUT2D eigenvalue weighted by molar-refractivity contribution is 7.91. The minimum Gasteiger partial charge on any atom is -0.355 e. The molecule has 2 rings (SSSR count). The van der Waals surface area contributed by atoms with Crippen molar-refractivity contribution in [3.8, 4) is 0 Å². The third-order valence-electron chi connectivity index (χ3n) is 4.26. The van der Waals surface area contributed by atoms with Crippen molar-refractivity contribution >= 4 is 15.7 Å². The van der Waals surface area contributed by atoms with Gasteiger partial charge < -0.3 is 5.32 Å². The Kier molecular flexibility index (Phi) is 3.97. The van der Waals surface area contributed by atoms with E-state index in [4.69, 9.17) is 0 Å². The third-order valence-corrected chi connectivity index (χ3v) is 6.14. The molecule has 4 nitrogen and oxygen atoms in total. The lowest BCUT2D eigenvalue weighted by Crippen LogP contribution is -2.39. The summed E-state index contributed by atoms with van der Waals surface area (Å²) in [7, 11) is -3.22. The highest BCUT2D eigenvalue weighted by Crippen LogP contribution is 2.34. The summed E-state index contributed by atoms with van der Waals surface area (Å²) in [6.45, 7) is 9.59. The van der Waals surface area contributed by atoms with Crippen LogP contribution in [0.4, 0.5) is 0 Å². The van der Waals surface area contributed by atoms with E-state index in [1.54, 1.807) is 12.1 Å². The Morgan fingerprint density at radius 3 is 2.62 bits per heavy atom. The summed E-state index contributed by atoms with van der Waals surface area (Å²) >= 11 is 0. The monoisotopic (exact) mass is 307 g/mol. The molecule has 0 saturated heterocycles. The van der Waals surface area contributed by atoms with Crippen LogP contribution in [0.1, 0.15) is 32.3 Å². The number of amides is 1. The summed E-state index contributed by atoms with van der Waals surface area (Å²) in [5, 5.41) is 2.86. The SMILES string of the molecule is C=C(C)C(C)(C)C(=O)NCC1CS(=O)(=O)c2ccccc21. The standard InChI is InChI=1S/C16H21NO3S/c1-11(2)16(3,4)15(18)17-9-12-10-21(19,20)14-8-6-5-7-13(12)14/h5-8,12H,1,9-10H2,2-4H3,(H,17,18). The van der Waals surface area contributed by atoms with E-state index in [0.717, 1.165) is 11.1 Å². The molecule has 1 N–H and O–H groups in total. The maximum atomic E-state index is 12.2. The fraction of sp³-hybridized carbons (Fsp3) is 0.438. The molecule has 1 unspecified atom stereocenters. The predicted molar refractivity (Wildman–Crippen MR) is 82.8 cm³/mol. The summed E-state index contributed by atoms with van der Waals surface area (Å²) in [5.41, 5.74) is 0.919. The summed E-state index contributed by atoms with van der Waals surface area (Å²) in [6.07, 6.45) is 0. The largest absolute Gasteiger partial charge is 0.355 e. The number of fused-ring (bicyclic) bond motifs is 1. The van der Waals surface area contributed by atoms with Gasteiger partial charge >= 0.3 is 0 Å². The Hall–Kier alpha value is -1.62. The zero-order chi connectivity index (χ0) is 15.8. The predicted octanol–water partition coefficient (Wildman–Crippen LogP) is 2.28. The van der Waals surface area contributed by atoms with Crippen LogP contribution in [-0.2, 0) is 14.6 Å². The molecule has 1 aliphatic heterocycles. The lowest BCUT2D eigenvalue weighted by molar-refractivity contribution is -0.127. The van der Waals surface area contributed by atoms with Gasteiger partial charge in [-0.3, -0.25) is 4.79 Å². The van der Waals surface area contributed by atoms with E-state index in [2.05, 4.69) is 11.9 Å². The first-order chi connectivity index (χ1) is 9.66. The fourth-order valence-corrected chi connectivity index (χ4v) is 4.23. The van der Waals surface area contributed by atoms with Gasteiger partial charge in [-0.15, -0.1) is 0 Å². The Morgan fingerprint density at radius 1 is 1.38 bits per heavy atom. The summed E-state index contributed by atoms with van der Waals surface area (Å²) < 4.78 is 24.2. The van der Waals surface area contributed by atoms with E-state index in [1.807, 2.05) is 32.9 Å². The molecule has 0 aliphatic carbocycles. The lowest BCUT2D eigenvalue weighted by Gasteiger charge is -2.24. The second kappa shape index (κ2) is 5.30. The van der Waals surface area contributed by atoms with Gasteiger partial charge in [-0.2, -0.15) is 0 Å². The molecule has 0 radical (unpaired) electrons. The number of nitrogens with one attached hydrogen (secondary N) is 1. The van der Waals surface area contributed by atoms with Gasteiger partial charge in [-0.1, -0.05) is 30.4 Å². The smallest absolute Gasteiger partial charge is 0.229 e. The molecule has 1 aromatic rings. The number of sulfone groups is 1. The average Bonchev–Trinajstić information content (AvgIpc) is 2.68. The van der Waals surface area contributed by atoms with Crippen molar-refractivity contribution < 1.29 is 13.2 Å². The molecule has 1 aliphatic rings. The van der Waals surface area contributed by atoms with E-state index in [0.29, 0.717) is 11.4 Å². The highest BCUT2D eigenvalue weighted by atomic mass is 32.2. The van der Waals surface area contributed by atoms with Gasteiger partial charge in [-0.05, 0) is 32.4 Å². The van der Waals surface area contributed by atoms with E-state index in [-0.39, 0.29) is 17.6 Å².